The smallest absolute Gasteiger partial charge is 0.130 e. The molecule has 0 saturated carbocycles. The van der Waals surface area contributed by atoms with Gasteiger partial charge in [-0.2, -0.15) is 0 Å². The summed E-state index contributed by atoms with van der Waals surface area (Å²) in [6, 6.07) is 29.2. The Hall–Kier alpha value is -2.80. The summed E-state index contributed by atoms with van der Waals surface area (Å²) in [4.78, 5) is 0. The Balaban J connectivity index is 1.53. The molecule has 0 N–H and O–H groups in total. The predicted octanol–water partition coefficient (Wildman–Crippen LogP) is 9.66. The highest BCUT2D eigenvalue weighted by molar-refractivity contribution is 7.34. The molecule has 3 unspecified atom stereocenters. The largest absolute Gasteiger partial charge is 0.476 e. The number of rotatable bonds is 10. The Labute approximate surface area is 215 Å². The molecule has 4 rings (SSSR count). The van der Waals surface area contributed by atoms with Gasteiger partial charge in [0.1, 0.15) is 23.1 Å². The van der Waals surface area contributed by atoms with Crippen LogP contribution in [0, 0.1) is 11.6 Å². The third kappa shape index (κ3) is 6.49. The summed E-state index contributed by atoms with van der Waals surface area (Å²) in [6.45, 7) is 6.31. The average Bonchev–Trinajstić information content (AvgIpc) is 2.89. The molecule has 0 aliphatic carbocycles. The highest BCUT2D eigenvalue weighted by Crippen LogP contribution is 2.47. The van der Waals surface area contributed by atoms with Crippen LogP contribution in [0.4, 0.5) is 8.78 Å². The van der Waals surface area contributed by atoms with Crippen LogP contribution in [0.2, 0.25) is 0 Å². The van der Waals surface area contributed by atoms with Crippen molar-refractivity contribution in [1.29, 1.82) is 0 Å². The molecule has 4 aromatic rings. The van der Waals surface area contributed by atoms with Gasteiger partial charge in [-0.25, -0.2) is 8.78 Å². The molecule has 2 nitrogen and oxygen atoms in total. The standard InChI is InChI=1S/C30H30F2O2P2/c1-4-29(21-13-17-23(31)18-14-21)35-33-27-11-7-5-9-25(27)26-10-6-8-12-28(26)34-36-30(2,3)22-15-19-24(32)20-16-22/h5-20,29,35-36H,4H2,1-3H3. The zero-order chi connectivity index (χ0) is 25.5. The highest BCUT2D eigenvalue weighted by atomic mass is 31.1. The summed E-state index contributed by atoms with van der Waals surface area (Å²) in [7, 11) is 0.326. The van der Waals surface area contributed by atoms with E-state index in [-0.39, 0.29) is 40.1 Å². The van der Waals surface area contributed by atoms with E-state index in [0.717, 1.165) is 40.2 Å². The minimum Gasteiger partial charge on any atom is -0.476 e. The molecule has 0 saturated heterocycles. The van der Waals surface area contributed by atoms with E-state index < -0.39 is 0 Å². The van der Waals surface area contributed by atoms with Crippen LogP contribution in [-0.4, -0.2) is 0 Å². The van der Waals surface area contributed by atoms with Gasteiger partial charge in [-0.1, -0.05) is 67.6 Å². The second-order valence-corrected chi connectivity index (χ2v) is 11.9. The monoisotopic (exact) mass is 522 g/mol. The number of hydrogen-bond donors (Lipinski definition) is 0. The molecule has 0 amide bonds. The van der Waals surface area contributed by atoms with Gasteiger partial charge in [-0.15, -0.1) is 0 Å². The fourth-order valence-corrected chi connectivity index (χ4v) is 5.65. The summed E-state index contributed by atoms with van der Waals surface area (Å²) < 4.78 is 39.5. The Bertz CT molecular complexity index is 1270. The first-order valence-electron chi connectivity index (χ1n) is 11.9. The number of hydrogen-bond acceptors (Lipinski definition) is 2. The summed E-state index contributed by atoms with van der Waals surface area (Å²) in [6.07, 6.45) is 0.894. The van der Waals surface area contributed by atoms with Gasteiger partial charge in [0.25, 0.3) is 0 Å². The molecule has 0 radical (unpaired) electrons. The Morgan fingerprint density at radius 2 is 1.19 bits per heavy atom. The number of halogens is 2. The fourth-order valence-electron chi connectivity index (χ4n) is 3.88. The van der Waals surface area contributed by atoms with Crippen molar-refractivity contribution in [2.24, 2.45) is 0 Å². The summed E-state index contributed by atoms with van der Waals surface area (Å²) in [5.41, 5.74) is 4.19. The summed E-state index contributed by atoms with van der Waals surface area (Å²) >= 11 is 0. The van der Waals surface area contributed by atoms with Crippen LogP contribution in [0.3, 0.4) is 0 Å². The van der Waals surface area contributed by atoms with Crippen LogP contribution < -0.4 is 9.05 Å². The number of benzene rings is 4. The van der Waals surface area contributed by atoms with Crippen molar-refractivity contribution in [3.8, 4) is 22.6 Å². The van der Waals surface area contributed by atoms with Gasteiger partial charge in [-0.05, 0) is 67.8 Å². The lowest BCUT2D eigenvalue weighted by molar-refractivity contribution is 0.587. The minimum atomic E-state index is -0.276. The Morgan fingerprint density at radius 1 is 0.694 bits per heavy atom. The Kier molecular flexibility index (Phi) is 8.72. The lowest BCUT2D eigenvalue weighted by Crippen LogP contribution is -2.11. The van der Waals surface area contributed by atoms with Crippen LogP contribution in [0.1, 0.15) is 44.0 Å². The van der Waals surface area contributed by atoms with E-state index >= 15 is 0 Å². The zero-order valence-corrected chi connectivity index (χ0v) is 22.6. The van der Waals surface area contributed by atoms with Gasteiger partial charge in [0.2, 0.25) is 0 Å². The SMILES string of the molecule is CCC(POc1ccccc1-c1ccccc1OPC(C)(C)c1ccc(F)cc1)c1ccc(F)cc1. The highest BCUT2D eigenvalue weighted by Gasteiger charge is 2.23. The molecule has 0 spiro atoms. The van der Waals surface area contributed by atoms with Gasteiger partial charge in [0.05, 0.1) is 17.6 Å². The second-order valence-electron chi connectivity index (χ2n) is 9.06. The topological polar surface area (TPSA) is 18.5 Å². The molecular formula is C30H30F2O2P2. The maximum absolute atomic E-state index is 13.4. The lowest BCUT2D eigenvalue weighted by Gasteiger charge is -2.26. The molecule has 0 aliphatic heterocycles. The fraction of sp³-hybridized carbons (Fsp3) is 0.200. The van der Waals surface area contributed by atoms with Crippen molar-refractivity contribution in [1.82, 2.24) is 0 Å². The third-order valence-corrected chi connectivity index (χ3v) is 8.52. The second kappa shape index (κ2) is 12.0. The van der Waals surface area contributed by atoms with Crippen molar-refractivity contribution >= 4 is 17.6 Å². The predicted molar refractivity (Wildman–Crippen MR) is 149 cm³/mol. The van der Waals surface area contributed by atoms with Gasteiger partial charge in [-0.3, -0.25) is 0 Å². The first-order chi connectivity index (χ1) is 17.4. The molecule has 0 heterocycles. The first kappa shape index (κ1) is 26.3. The third-order valence-electron chi connectivity index (χ3n) is 6.04. The molecule has 3 atom stereocenters. The molecule has 0 fully saturated rings. The van der Waals surface area contributed by atoms with Crippen molar-refractivity contribution in [2.75, 3.05) is 0 Å². The molecule has 0 aliphatic rings. The molecule has 36 heavy (non-hydrogen) atoms. The maximum atomic E-state index is 13.4. The van der Waals surface area contributed by atoms with E-state index in [1.807, 2.05) is 72.8 Å². The van der Waals surface area contributed by atoms with Crippen molar-refractivity contribution in [3.05, 3.63) is 120 Å². The molecule has 6 heteroatoms. The van der Waals surface area contributed by atoms with Gasteiger partial charge < -0.3 is 9.05 Å². The molecule has 186 valence electrons. The van der Waals surface area contributed by atoms with Gasteiger partial charge in [0, 0.05) is 21.9 Å². The van der Waals surface area contributed by atoms with E-state index in [1.165, 1.54) is 24.3 Å². The van der Waals surface area contributed by atoms with Crippen molar-refractivity contribution in [2.45, 2.75) is 38.0 Å². The minimum absolute atomic E-state index is 0.133. The van der Waals surface area contributed by atoms with Crippen LogP contribution >= 0.6 is 17.6 Å². The molecule has 4 aromatic carbocycles. The number of para-hydroxylation sites is 2. The summed E-state index contributed by atoms with van der Waals surface area (Å²) in [5.74, 6) is 1.08. The van der Waals surface area contributed by atoms with E-state index in [9.17, 15) is 8.78 Å². The quantitative estimate of drug-likeness (QED) is 0.193. The van der Waals surface area contributed by atoms with Crippen LogP contribution in [0.15, 0.2) is 97.1 Å². The maximum Gasteiger partial charge on any atom is 0.130 e. The van der Waals surface area contributed by atoms with Gasteiger partial charge in [0.15, 0.2) is 0 Å². The van der Waals surface area contributed by atoms with Gasteiger partial charge >= 0.3 is 0 Å². The lowest BCUT2D eigenvalue weighted by atomic mass is 10.0. The Morgan fingerprint density at radius 3 is 1.75 bits per heavy atom. The molecule has 0 aromatic heterocycles. The van der Waals surface area contributed by atoms with Crippen molar-refractivity contribution < 1.29 is 17.8 Å². The van der Waals surface area contributed by atoms with E-state index in [0.29, 0.717) is 0 Å². The van der Waals surface area contributed by atoms with Crippen LogP contribution in [0.5, 0.6) is 11.5 Å². The summed E-state index contributed by atoms with van der Waals surface area (Å²) in [5, 5.41) is -0.276. The van der Waals surface area contributed by atoms with Crippen molar-refractivity contribution in [3.63, 3.8) is 0 Å². The van der Waals surface area contributed by atoms with E-state index in [2.05, 4.69) is 20.8 Å². The average molecular weight is 523 g/mol. The van der Waals surface area contributed by atoms with E-state index in [1.54, 1.807) is 0 Å². The van der Waals surface area contributed by atoms with Crippen LogP contribution in [-0.2, 0) is 5.16 Å². The van der Waals surface area contributed by atoms with Crippen LogP contribution in [0.25, 0.3) is 11.1 Å². The molecular weight excluding hydrogens is 492 g/mol. The zero-order valence-electron chi connectivity index (χ0n) is 20.6. The normalized spacial score (nSPS) is 12.9. The van der Waals surface area contributed by atoms with E-state index in [4.69, 9.17) is 9.05 Å². The first-order valence-corrected chi connectivity index (χ1v) is 13.8. The molecule has 0 bridgehead atoms.